The molecule has 0 N–H and O–H groups in total. The maximum Gasteiger partial charge on any atom is 0.172 e. The van der Waals surface area contributed by atoms with Gasteiger partial charge in [-0.2, -0.15) is 0 Å². The van der Waals surface area contributed by atoms with Crippen LogP contribution >= 0.6 is 0 Å². The molecule has 0 radical (unpaired) electrons. The predicted octanol–water partition coefficient (Wildman–Crippen LogP) is 4.97. The molecule has 0 aliphatic rings. The van der Waals surface area contributed by atoms with Gasteiger partial charge in [0, 0.05) is 0 Å². The molecule has 0 saturated carbocycles. The van der Waals surface area contributed by atoms with Crippen LogP contribution < -0.4 is 15.6 Å². The van der Waals surface area contributed by atoms with Gasteiger partial charge in [0.1, 0.15) is 0 Å². The number of hydrogen-bond donors (Lipinski definition) is 0. The molecule has 4 rings (SSSR count). The van der Waals surface area contributed by atoms with Crippen LogP contribution in [0.4, 0.5) is 0 Å². The normalized spacial score (nSPS) is 11.4. The Morgan fingerprint density at radius 2 is 0.862 bits per heavy atom. The van der Waals surface area contributed by atoms with Crippen molar-refractivity contribution < 1.29 is 0 Å². The van der Waals surface area contributed by atoms with Gasteiger partial charge in [-0.1, -0.05) is 140 Å². The van der Waals surface area contributed by atoms with Crippen molar-refractivity contribution in [1.82, 2.24) is 0 Å². The molecule has 29 heavy (non-hydrogen) atoms. The molecule has 0 saturated heterocycles. The smallest absolute Gasteiger partial charge is 0.0912 e. The van der Waals surface area contributed by atoms with Crippen molar-refractivity contribution in [3.05, 3.63) is 145 Å². The molecular weight excluding hydrogens is 364 g/mol. The van der Waals surface area contributed by atoms with Crippen molar-refractivity contribution >= 4 is 29.2 Å². The molecule has 0 fully saturated rings. The van der Waals surface area contributed by atoms with Gasteiger partial charge in [0.25, 0.3) is 0 Å². The van der Waals surface area contributed by atoms with Crippen LogP contribution in [0.25, 0.3) is 5.57 Å². The van der Waals surface area contributed by atoms with Gasteiger partial charge < -0.3 is 0 Å². The quantitative estimate of drug-likeness (QED) is 0.249. The van der Waals surface area contributed by atoms with Gasteiger partial charge in [0.15, 0.2) is 8.07 Å². The molecule has 0 aliphatic carbocycles. The summed E-state index contributed by atoms with van der Waals surface area (Å²) >= 11 is 0. The molecule has 4 aromatic carbocycles. The van der Waals surface area contributed by atoms with Gasteiger partial charge in [-0.25, -0.2) is 0 Å². The van der Waals surface area contributed by atoms with Gasteiger partial charge in [-0.05, 0) is 26.7 Å². The number of benzene rings is 4. The van der Waals surface area contributed by atoms with Gasteiger partial charge in [-0.15, -0.1) is 0 Å². The van der Waals surface area contributed by atoms with Crippen molar-refractivity contribution in [1.29, 1.82) is 0 Å². The zero-order valence-electron chi connectivity index (χ0n) is 16.4. The average molecular weight is 389 g/mol. The van der Waals surface area contributed by atoms with Gasteiger partial charge in [0.2, 0.25) is 0 Å². The van der Waals surface area contributed by atoms with Crippen LogP contribution in [0.3, 0.4) is 0 Å². The molecular formula is C28H24Si. The van der Waals surface area contributed by atoms with E-state index >= 15 is 0 Å². The summed E-state index contributed by atoms with van der Waals surface area (Å²) in [6, 6.07) is 43.1. The van der Waals surface area contributed by atoms with Gasteiger partial charge in [-0.3, -0.25) is 0 Å². The fourth-order valence-corrected chi connectivity index (χ4v) is 8.05. The lowest BCUT2D eigenvalue weighted by molar-refractivity contribution is 1.63. The molecule has 0 aromatic heterocycles. The second kappa shape index (κ2) is 8.72. The second-order valence-corrected chi connectivity index (χ2v) is 10.8. The van der Waals surface area contributed by atoms with E-state index in [-0.39, 0.29) is 0 Å². The predicted molar refractivity (Wildman–Crippen MR) is 129 cm³/mol. The van der Waals surface area contributed by atoms with E-state index in [2.05, 4.69) is 134 Å². The Kier molecular flexibility index (Phi) is 5.69. The molecule has 0 atom stereocenters. The first-order chi connectivity index (χ1) is 14.3. The highest BCUT2D eigenvalue weighted by Gasteiger charge is 2.36. The summed E-state index contributed by atoms with van der Waals surface area (Å²) in [7, 11) is -2.36. The minimum atomic E-state index is -2.36. The highest BCUT2D eigenvalue weighted by Crippen LogP contribution is 2.16. The first-order valence-corrected chi connectivity index (χ1v) is 12.0. The summed E-state index contributed by atoms with van der Waals surface area (Å²) in [5.74, 6) is 0. The van der Waals surface area contributed by atoms with E-state index in [4.69, 9.17) is 0 Å². The first-order valence-electron chi connectivity index (χ1n) is 9.91. The summed E-state index contributed by atoms with van der Waals surface area (Å²) in [6.07, 6.45) is 2.22. The molecule has 0 aliphatic heterocycles. The fourth-order valence-electron chi connectivity index (χ4n) is 3.87. The average Bonchev–Trinajstić information content (AvgIpc) is 2.82. The van der Waals surface area contributed by atoms with Crippen LogP contribution in [0.1, 0.15) is 5.56 Å². The van der Waals surface area contributed by atoms with E-state index < -0.39 is 8.07 Å². The first kappa shape index (κ1) is 18.9. The summed E-state index contributed by atoms with van der Waals surface area (Å²) in [6.45, 7) is 4.34. The zero-order valence-corrected chi connectivity index (χ0v) is 17.4. The maximum absolute atomic E-state index is 4.34. The summed E-state index contributed by atoms with van der Waals surface area (Å²) in [5.41, 5.74) is 4.62. The van der Waals surface area contributed by atoms with Crippen LogP contribution in [-0.4, -0.2) is 8.07 Å². The van der Waals surface area contributed by atoms with Crippen molar-refractivity contribution in [2.45, 2.75) is 0 Å². The SMILES string of the molecule is C=C(/C=C/[Si](c1ccccc1)(c1ccccc1)c1ccccc1)c1ccccc1. The summed E-state index contributed by atoms with van der Waals surface area (Å²) in [4.78, 5) is 0. The lowest BCUT2D eigenvalue weighted by atomic mass is 10.1. The van der Waals surface area contributed by atoms with E-state index in [0.717, 1.165) is 11.1 Å². The van der Waals surface area contributed by atoms with Crippen molar-refractivity contribution in [3.63, 3.8) is 0 Å². The Hall–Kier alpha value is -3.42. The van der Waals surface area contributed by atoms with Crippen LogP contribution in [0.15, 0.2) is 140 Å². The Morgan fingerprint density at radius 1 is 0.517 bits per heavy atom. The lowest BCUT2D eigenvalue weighted by Crippen LogP contribution is -2.66. The summed E-state index contributed by atoms with van der Waals surface area (Å²) in [5, 5.41) is 4.11. The summed E-state index contributed by atoms with van der Waals surface area (Å²) < 4.78 is 0. The third-order valence-corrected chi connectivity index (χ3v) is 9.77. The van der Waals surface area contributed by atoms with Gasteiger partial charge in [0.05, 0.1) is 0 Å². The molecule has 0 nitrogen and oxygen atoms in total. The largest absolute Gasteiger partial charge is 0.172 e. The van der Waals surface area contributed by atoms with Crippen LogP contribution in [0.2, 0.25) is 0 Å². The fraction of sp³-hybridized carbons (Fsp3) is 0. The molecule has 140 valence electrons. The maximum atomic E-state index is 4.34. The Labute approximate surface area is 174 Å². The van der Waals surface area contributed by atoms with Crippen LogP contribution in [0.5, 0.6) is 0 Å². The lowest BCUT2D eigenvalue weighted by Gasteiger charge is -2.31. The minimum absolute atomic E-state index is 1.03. The molecule has 0 heterocycles. The van der Waals surface area contributed by atoms with Crippen molar-refractivity contribution in [2.75, 3.05) is 0 Å². The Bertz CT molecular complexity index is 985. The van der Waals surface area contributed by atoms with E-state index in [1.54, 1.807) is 0 Å². The van der Waals surface area contributed by atoms with E-state index in [0.29, 0.717) is 0 Å². The van der Waals surface area contributed by atoms with E-state index in [1.165, 1.54) is 15.6 Å². The van der Waals surface area contributed by atoms with Crippen LogP contribution in [0, 0.1) is 0 Å². The van der Waals surface area contributed by atoms with Gasteiger partial charge >= 0.3 is 0 Å². The second-order valence-electron chi connectivity index (χ2n) is 7.13. The Balaban J connectivity index is 1.93. The third-order valence-electron chi connectivity index (χ3n) is 5.37. The number of hydrogen-bond acceptors (Lipinski definition) is 0. The highest BCUT2D eigenvalue weighted by atomic mass is 28.3. The minimum Gasteiger partial charge on any atom is -0.0912 e. The molecule has 0 amide bonds. The molecule has 4 aromatic rings. The monoisotopic (exact) mass is 388 g/mol. The molecule has 0 spiro atoms. The standard InChI is InChI=1S/C28H24Si/c1-24(25-14-6-2-7-15-25)22-23-29(26-16-8-3-9-17-26,27-18-10-4-11-19-27)28-20-12-5-13-21-28/h2-23H,1H2/b23-22+. The molecule has 0 bridgehead atoms. The number of allylic oxidation sites excluding steroid dienone is 2. The van der Waals surface area contributed by atoms with E-state index in [9.17, 15) is 0 Å². The van der Waals surface area contributed by atoms with E-state index in [1.807, 2.05) is 6.07 Å². The van der Waals surface area contributed by atoms with Crippen molar-refractivity contribution in [3.8, 4) is 0 Å². The van der Waals surface area contributed by atoms with Crippen molar-refractivity contribution in [2.24, 2.45) is 0 Å². The Morgan fingerprint density at radius 3 is 1.24 bits per heavy atom. The number of rotatable bonds is 6. The van der Waals surface area contributed by atoms with Crippen LogP contribution in [-0.2, 0) is 0 Å². The third kappa shape index (κ3) is 3.91. The molecule has 1 heteroatoms. The topological polar surface area (TPSA) is 0 Å². The highest BCUT2D eigenvalue weighted by molar-refractivity contribution is 7.14. The zero-order chi connectivity index (χ0) is 19.9. The molecule has 0 unspecified atom stereocenters.